The molecule has 3 heteroatoms. The van der Waals surface area contributed by atoms with E-state index in [-0.39, 0.29) is 0 Å². The van der Waals surface area contributed by atoms with E-state index >= 15 is 0 Å². The molecule has 0 saturated carbocycles. The Morgan fingerprint density at radius 3 is 1.86 bits per heavy atom. The molecule has 0 radical (unpaired) electrons. The van der Waals surface area contributed by atoms with Crippen molar-refractivity contribution in [3.8, 4) is 0 Å². The number of halogens is 1. The summed E-state index contributed by atoms with van der Waals surface area (Å²) in [5, 5.41) is 8.90. The summed E-state index contributed by atoms with van der Waals surface area (Å²) < 4.78 is 0. The smallest absolute Gasteiger partial charge is 0.324 e. The Bertz CT molecular complexity index is 298. The molecule has 22 heavy (non-hydrogen) atoms. The number of hydrogen-bond donors (Lipinski definition) is 1. The topological polar surface area (TPSA) is 37.3 Å². The third-order valence-corrected chi connectivity index (χ3v) is 4.45. The van der Waals surface area contributed by atoms with Gasteiger partial charge in [0.05, 0.1) is 0 Å². The Labute approximate surface area is 142 Å². The molecule has 2 nitrogen and oxygen atoms in total. The predicted octanol–water partition coefficient (Wildman–Crippen LogP) is 6.72. The summed E-state index contributed by atoms with van der Waals surface area (Å²) in [6, 6.07) is 0. The first kappa shape index (κ1) is 21.5. The number of carboxylic acid groups (broad SMARTS) is 1. The number of aliphatic carboxylic acids is 1. The zero-order valence-corrected chi connectivity index (χ0v) is 15.3. The van der Waals surface area contributed by atoms with Crippen LogP contribution in [0.15, 0.2) is 12.2 Å². The lowest BCUT2D eigenvalue weighted by molar-refractivity contribution is -0.139. The summed E-state index contributed by atoms with van der Waals surface area (Å²) in [5.41, 5.74) is 0. The highest BCUT2D eigenvalue weighted by molar-refractivity contribution is 6.33. The normalized spacial score (nSPS) is 14.3. The van der Waals surface area contributed by atoms with Gasteiger partial charge < -0.3 is 5.11 Å². The van der Waals surface area contributed by atoms with Gasteiger partial charge in [0.15, 0.2) is 0 Å². The van der Waals surface area contributed by atoms with Crippen LogP contribution in [0, 0.1) is 0 Å². The minimum atomic E-state index is -1.09. The first-order valence-electron chi connectivity index (χ1n) is 9.08. The Morgan fingerprint density at radius 2 is 1.36 bits per heavy atom. The molecule has 0 aromatic heterocycles. The van der Waals surface area contributed by atoms with Gasteiger partial charge in [-0.25, -0.2) is 0 Å². The SMILES string of the molecule is CCCCCCCC/C=C\CCCCCCC(C)(Cl)C(=O)O. The fourth-order valence-corrected chi connectivity index (χ4v) is 2.59. The second kappa shape index (κ2) is 14.1. The first-order valence-corrected chi connectivity index (χ1v) is 9.46. The second-order valence-corrected chi connectivity index (χ2v) is 7.32. The summed E-state index contributed by atoms with van der Waals surface area (Å²) in [7, 11) is 0. The summed E-state index contributed by atoms with van der Waals surface area (Å²) >= 11 is 5.91. The van der Waals surface area contributed by atoms with Gasteiger partial charge in [-0.05, 0) is 39.0 Å². The van der Waals surface area contributed by atoms with Crippen LogP contribution in [0.4, 0.5) is 0 Å². The maximum absolute atomic E-state index is 10.8. The molecule has 0 amide bonds. The molecular formula is C19H35ClO2. The molecule has 1 unspecified atom stereocenters. The van der Waals surface area contributed by atoms with E-state index in [0.29, 0.717) is 6.42 Å². The molecule has 0 aliphatic heterocycles. The van der Waals surface area contributed by atoms with E-state index in [1.807, 2.05) is 0 Å². The van der Waals surface area contributed by atoms with E-state index in [9.17, 15) is 4.79 Å². The van der Waals surface area contributed by atoms with Crippen LogP contribution >= 0.6 is 11.6 Å². The van der Waals surface area contributed by atoms with Gasteiger partial charge in [-0.3, -0.25) is 4.79 Å². The number of rotatable bonds is 15. The molecule has 0 rings (SSSR count). The van der Waals surface area contributed by atoms with Crippen molar-refractivity contribution in [1.29, 1.82) is 0 Å². The molecule has 0 heterocycles. The Morgan fingerprint density at radius 1 is 0.909 bits per heavy atom. The van der Waals surface area contributed by atoms with Crippen LogP contribution in [0.3, 0.4) is 0 Å². The highest BCUT2D eigenvalue weighted by Gasteiger charge is 2.29. The molecule has 1 atom stereocenters. The first-order chi connectivity index (χ1) is 10.5. The third-order valence-electron chi connectivity index (χ3n) is 4.10. The Hall–Kier alpha value is -0.500. The minimum absolute atomic E-state index is 0.553. The van der Waals surface area contributed by atoms with Gasteiger partial charge in [0.1, 0.15) is 4.87 Å². The molecule has 0 spiro atoms. The molecule has 0 aromatic rings. The lowest BCUT2D eigenvalue weighted by Gasteiger charge is -2.15. The van der Waals surface area contributed by atoms with Crippen LogP contribution in [-0.4, -0.2) is 16.0 Å². The van der Waals surface area contributed by atoms with Gasteiger partial charge in [-0.15, -0.1) is 11.6 Å². The number of unbranched alkanes of at least 4 members (excludes halogenated alkanes) is 10. The van der Waals surface area contributed by atoms with Crippen LogP contribution in [0.5, 0.6) is 0 Å². The van der Waals surface area contributed by atoms with E-state index in [2.05, 4.69) is 19.1 Å². The number of carboxylic acids is 1. The zero-order valence-electron chi connectivity index (χ0n) is 14.6. The van der Waals surface area contributed by atoms with E-state index in [1.165, 1.54) is 51.4 Å². The largest absolute Gasteiger partial charge is 0.480 e. The number of allylic oxidation sites excluding steroid dienone is 2. The number of carbonyl (C=O) groups is 1. The van der Waals surface area contributed by atoms with Gasteiger partial charge in [-0.1, -0.05) is 70.4 Å². The lowest BCUT2D eigenvalue weighted by Crippen LogP contribution is -2.28. The molecular weight excluding hydrogens is 296 g/mol. The summed E-state index contributed by atoms with van der Waals surface area (Å²) in [5.74, 6) is -0.910. The van der Waals surface area contributed by atoms with Crippen molar-refractivity contribution in [3.05, 3.63) is 12.2 Å². The molecule has 0 aliphatic rings. The average Bonchev–Trinajstić information content (AvgIpc) is 2.47. The monoisotopic (exact) mass is 330 g/mol. The van der Waals surface area contributed by atoms with Gasteiger partial charge in [-0.2, -0.15) is 0 Å². The van der Waals surface area contributed by atoms with Crippen LogP contribution in [0.1, 0.15) is 97.3 Å². The van der Waals surface area contributed by atoms with Crippen molar-refractivity contribution >= 4 is 17.6 Å². The van der Waals surface area contributed by atoms with Crippen molar-refractivity contribution in [2.75, 3.05) is 0 Å². The van der Waals surface area contributed by atoms with Crippen LogP contribution < -0.4 is 0 Å². The molecule has 0 saturated heterocycles. The fourth-order valence-electron chi connectivity index (χ4n) is 2.46. The number of hydrogen-bond acceptors (Lipinski definition) is 1. The number of alkyl halides is 1. The van der Waals surface area contributed by atoms with Gasteiger partial charge in [0.25, 0.3) is 0 Å². The predicted molar refractivity (Wildman–Crippen MR) is 96.7 cm³/mol. The minimum Gasteiger partial charge on any atom is -0.480 e. The third kappa shape index (κ3) is 13.2. The highest BCUT2D eigenvalue weighted by atomic mass is 35.5. The molecule has 0 bridgehead atoms. The van der Waals surface area contributed by atoms with Crippen LogP contribution in [0.2, 0.25) is 0 Å². The molecule has 0 aromatic carbocycles. The van der Waals surface area contributed by atoms with Crippen molar-refractivity contribution in [3.63, 3.8) is 0 Å². The van der Waals surface area contributed by atoms with Crippen LogP contribution in [0.25, 0.3) is 0 Å². The van der Waals surface area contributed by atoms with E-state index in [1.54, 1.807) is 6.92 Å². The second-order valence-electron chi connectivity index (χ2n) is 6.48. The van der Waals surface area contributed by atoms with Crippen molar-refractivity contribution in [1.82, 2.24) is 0 Å². The van der Waals surface area contributed by atoms with Crippen molar-refractivity contribution in [2.45, 2.75) is 102 Å². The Kier molecular flexibility index (Phi) is 13.8. The molecule has 0 fully saturated rings. The summed E-state index contributed by atoms with van der Waals surface area (Å²) in [4.78, 5) is 9.76. The van der Waals surface area contributed by atoms with E-state index in [4.69, 9.17) is 16.7 Å². The maximum Gasteiger partial charge on any atom is 0.324 e. The van der Waals surface area contributed by atoms with E-state index < -0.39 is 10.8 Å². The summed E-state index contributed by atoms with van der Waals surface area (Å²) in [6.45, 7) is 3.84. The van der Waals surface area contributed by atoms with Crippen molar-refractivity contribution in [2.24, 2.45) is 0 Å². The standard InChI is InChI=1S/C19H35ClO2/c1-3-4-5-6-7-8-9-10-11-12-13-14-15-16-17-19(2,20)18(21)22/h10-11H,3-9,12-17H2,1-2H3,(H,21,22)/b11-10-. The highest BCUT2D eigenvalue weighted by Crippen LogP contribution is 2.23. The average molecular weight is 331 g/mol. The quantitative estimate of drug-likeness (QED) is 0.206. The molecule has 1 N–H and O–H groups in total. The summed E-state index contributed by atoms with van der Waals surface area (Å²) in [6.07, 6.45) is 20.0. The molecule has 0 aliphatic carbocycles. The van der Waals surface area contributed by atoms with Gasteiger partial charge >= 0.3 is 5.97 Å². The van der Waals surface area contributed by atoms with Crippen LogP contribution in [-0.2, 0) is 4.79 Å². The van der Waals surface area contributed by atoms with Gasteiger partial charge in [0.2, 0.25) is 0 Å². The Balaban J connectivity index is 3.29. The lowest BCUT2D eigenvalue weighted by atomic mass is 10.0. The zero-order chi connectivity index (χ0) is 16.7. The molecule has 130 valence electrons. The fraction of sp³-hybridized carbons (Fsp3) is 0.842. The van der Waals surface area contributed by atoms with E-state index in [0.717, 1.165) is 25.7 Å². The van der Waals surface area contributed by atoms with Gasteiger partial charge in [0, 0.05) is 0 Å². The van der Waals surface area contributed by atoms with Crippen molar-refractivity contribution < 1.29 is 9.90 Å². The maximum atomic E-state index is 10.8.